The fourth-order valence-electron chi connectivity index (χ4n) is 2.79. The molecule has 0 saturated heterocycles. The lowest BCUT2D eigenvalue weighted by Gasteiger charge is -2.31. The standard InChI is InChI=1S/C16H26N2O2/c1-19-9-7-18(8-10-20-2)13-15-12-17-11-14-5-3-4-6-16(14)15/h3-6,15,17H,7-13H2,1-2H3. The second-order valence-corrected chi connectivity index (χ2v) is 5.31. The van der Waals surface area contributed by atoms with E-state index in [9.17, 15) is 0 Å². The van der Waals surface area contributed by atoms with E-state index in [1.165, 1.54) is 11.1 Å². The summed E-state index contributed by atoms with van der Waals surface area (Å²) in [4.78, 5) is 2.43. The first-order chi connectivity index (χ1) is 9.85. The van der Waals surface area contributed by atoms with Crippen molar-refractivity contribution >= 4 is 0 Å². The molecule has 0 aromatic heterocycles. The first kappa shape index (κ1) is 15.4. The lowest BCUT2D eigenvalue weighted by Crippen LogP contribution is -2.39. The van der Waals surface area contributed by atoms with Crippen LogP contribution in [-0.2, 0) is 16.0 Å². The van der Waals surface area contributed by atoms with Gasteiger partial charge in [-0.05, 0) is 11.1 Å². The number of ether oxygens (including phenoxy) is 2. The molecule has 4 nitrogen and oxygen atoms in total. The van der Waals surface area contributed by atoms with Crippen molar-refractivity contribution in [1.29, 1.82) is 0 Å². The van der Waals surface area contributed by atoms with Crippen LogP contribution in [0.2, 0.25) is 0 Å². The third-order valence-corrected chi connectivity index (χ3v) is 3.90. The van der Waals surface area contributed by atoms with Crippen LogP contribution in [0.15, 0.2) is 24.3 Å². The van der Waals surface area contributed by atoms with E-state index >= 15 is 0 Å². The molecule has 1 aromatic carbocycles. The van der Waals surface area contributed by atoms with Gasteiger partial charge in [-0.2, -0.15) is 0 Å². The van der Waals surface area contributed by atoms with E-state index in [1.807, 2.05) is 0 Å². The van der Waals surface area contributed by atoms with Crippen LogP contribution in [0.5, 0.6) is 0 Å². The van der Waals surface area contributed by atoms with Gasteiger partial charge in [0.1, 0.15) is 0 Å². The van der Waals surface area contributed by atoms with Crippen LogP contribution in [0.3, 0.4) is 0 Å². The summed E-state index contributed by atoms with van der Waals surface area (Å²) in [6.07, 6.45) is 0. The van der Waals surface area contributed by atoms with Gasteiger partial charge in [0.2, 0.25) is 0 Å². The fraction of sp³-hybridized carbons (Fsp3) is 0.625. The summed E-state index contributed by atoms with van der Waals surface area (Å²) in [6, 6.07) is 8.76. The lowest BCUT2D eigenvalue weighted by molar-refractivity contribution is 0.109. The minimum atomic E-state index is 0.550. The predicted molar refractivity (Wildman–Crippen MR) is 81.1 cm³/mol. The summed E-state index contributed by atoms with van der Waals surface area (Å²) in [7, 11) is 3.51. The van der Waals surface area contributed by atoms with E-state index in [-0.39, 0.29) is 0 Å². The minimum Gasteiger partial charge on any atom is -0.383 e. The average molecular weight is 278 g/mol. The molecule has 1 aliphatic heterocycles. The Morgan fingerprint density at radius 1 is 1.15 bits per heavy atom. The highest BCUT2D eigenvalue weighted by Gasteiger charge is 2.21. The zero-order valence-electron chi connectivity index (χ0n) is 12.6. The van der Waals surface area contributed by atoms with Crippen molar-refractivity contribution in [3.8, 4) is 0 Å². The zero-order valence-corrected chi connectivity index (χ0v) is 12.6. The van der Waals surface area contributed by atoms with E-state index in [0.29, 0.717) is 5.92 Å². The third-order valence-electron chi connectivity index (χ3n) is 3.90. The van der Waals surface area contributed by atoms with Crippen molar-refractivity contribution in [1.82, 2.24) is 10.2 Å². The van der Waals surface area contributed by atoms with Crippen LogP contribution < -0.4 is 5.32 Å². The van der Waals surface area contributed by atoms with Crippen LogP contribution in [0.1, 0.15) is 17.0 Å². The molecule has 0 bridgehead atoms. The molecule has 1 heterocycles. The Morgan fingerprint density at radius 3 is 2.55 bits per heavy atom. The van der Waals surface area contributed by atoms with Crippen molar-refractivity contribution in [2.75, 3.05) is 53.6 Å². The maximum atomic E-state index is 5.21. The van der Waals surface area contributed by atoms with Gasteiger partial charge in [-0.1, -0.05) is 24.3 Å². The number of rotatable bonds is 8. The molecular formula is C16H26N2O2. The van der Waals surface area contributed by atoms with Crippen molar-refractivity contribution in [2.45, 2.75) is 12.5 Å². The third kappa shape index (κ3) is 4.28. The predicted octanol–water partition coefficient (Wildman–Crippen LogP) is 1.47. The molecule has 0 fully saturated rings. The van der Waals surface area contributed by atoms with Gasteiger partial charge in [0.15, 0.2) is 0 Å². The molecule has 1 aromatic rings. The molecule has 112 valence electrons. The van der Waals surface area contributed by atoms with E-state index < -0.39 is 0 Å². The molecule has 0 saturated carbocycles. The Hall–Kier alpha value is -0.940. The quantitative estimate of drug-likeness (QED) is 0.781. The summed E-state index contributed by atoms with van der Waals surface area (Å²) in [6.45, 7) is 6.54. The second kappa shape index (κ2) is 8.37. The fourth-order valence-corrected chi connectivity index (χ4v) is 2.79. The Kier molecular flexibility index (Phi) is 6.47. The monoisotopic (exact) mass is 278 g/mol. The molecular weight excluding hydrogens is 252 g/mol. The summed E-state index contributed by atoms with van der Waals surface area (Å²) in [5, 5.41) is 3.52. The minimum absolute atomic E-state index is 0.550. The van der Waals surface area contributed by atoms with Crippen molar-refractivity contribution in [3.63, 3.8) is 0 Å². The highest BCUT2D eigenvalue weighted by Crippen LogP contribution is 2.24. The number of hydrogen-bond donors (Lipinski definition) is 1. The van der Waals surface area contributed by atoms with Gasteiger partial charge < -0.3 is 14.8 Å². The molecule has 1 aliphatic rings. The summed E-state index contributed by atoms with van der Waals surface area (Å²) in [5.41, 5.74) is 2.92. The van der Waals surface area contributed by atoms with E-state index in [0.717, 1.165) is 45.9 Å². The van der Waals surface area contributed by atoms with Gasteiger partial charge in [0.25, 0.3) is 0 Å². The first-order valence-corrected chi connectivity index (χ1v) is 7.34. The second-order valence-electron chi connectivity index (χ2n) is 5.31. The summed E-state index contributed by atoms with van der Waals surface area (Å²) < 4.78 is 10.4. The van der Waals surface area contributed by atoms with Gasteiger partial charge >= 0.3 is 0 Å². The smallest absolute Gasteiger partial charge is 0.0589 e. The maximum Gasteiger partial charge on any atom is 0.0589 e. The van der Waals surface area contributed by atoms with E-state index in [4.69, 9.17) is 9.47 Å². The molecule has 1 unspecified atom stereocenters. The topological polar surface area (TPSA) is 33.7 Å². The highest BCUT2D eigenvalue weighted by atomic mass is 16.5. The van der Waals surface area contributed by atoms with Crippen molar-refractivity contribution < 1.29 is 9.47 Å². The molecule has 1 atom stereocenters. The first-order valence-electron chi connectivity index (χ1n) is 7.34. The average Bonchev–Trinajstić information content (AvgIpc) is 2.50. The van der Waals surface area contributed by atoms with Gasteiger partial charge in [-0.3, -0.25) is 4.90 Å². The van der Waals surface area contributed by atoms with Gasteiger partial charge in [0, 0.05) is 52.9 Å². The Balaban J connectivity index is 1.99. The van der Waals surface area contributed by atoms with E-state index in [2.05, 4.69) is 34.5 Å². The molecule has 2 rings (SSSR count). The number of methoxy groups -OCH3 is 2. The largest absolute Gasteiger partial charge is 0.383 e. The zero-order chi connectivity index (χ0) is 14.2. The molecule has 0 aliphatic carbocycles. The molecule has 0 spiro atoms. The number of benzene rings is 1. The van der Waals surface area contributed by atoms with E-state index in [1.54, 1.807) is 14.2 Å². The number of nitrogens with one attached hydrogen (secondary N) is 1. The number of hydrogen-bond acceptors (Lipinski definition) is 4. The normalized spacial score (nSPS) is 18.2. The van der Waals surface area contributed by atoms with Crippen LogP contribution in [0, 0.1) is 0 Å². The molecule has 20 heavy (non-hydrogen) atoms. The Bertz CT molecular complexity index is 390. The molecule has 0 amide bonds. The van der Waals surface area contributed by atoms with Crippen molar-refractivity contribution in [3.05, 3.63) is 35.4 Å². The molecule has 0 radical (unpaired) electrons. The van der Waals surface area contributed by atoms with Crippen LogP contribution >= 0.6 is 0 Å². The van der Waals surface area contributed by atoms with Crippen LogP contribution in [0.25, 0.3) is 0 Å². The molecule has 4 heteroatoms. The number of fused-ring (bicyclic) bond motifs is 1. The number of nitrogens with zero attached hydrogens (tertiary/aromatic N) is 1. The maximum absolute atomic E-state index is 5.21. The van der Waals surface area contributed by atoms with Gasteiger partial charge in [-0.15, -0.1) is 0 Å². The highest BCUT2D eigenvalue weighted by molar-refractivity contribution is 5.32. The summed E-state index contributed by atoms with van der Waals surface area (Å²) >= 11 is 0. The van der Waals surface area contributed by atoms with Gasteiger partial charge in [-0.25, -0.2) is 0 Å². The SMILES string of the molecule is COCCN(CCOC)CC1CNCc2ccccc21. The van der Waals surface area contributed by atoms with Crippen molar-refractivity contribution in [2.24, 2.45) is 0 Å². The van der Waals surface area contributed by atoms with Crippen LogP contribution in [-0.4, -0.2) is 58.5 Å². The van der Waals surface area contributed by atoms with Gasteiger partial charge in [0.05, 0.1) is 13.2 Å². The Labute approximate surface area is 122 Å². The van der Waals surface area contributed by atoms with Crippen LogP contribution in [0.4, 0.5) is 0 Å². The summed E-state index contributed by atoms with van der Waals surface area (Å²) in [5.74, 6) is 0.550. The Morgan fingerprint density at radius 2 is 1.85 bits per heavy atom. The lowest BCUT2D eigenvalue weighted by atomic mass is 9.90. The molecule has 1 N–H and O–H groups in total.